The maximum atomic E-state index is 11.6. The second-order valence-electron chi connectivity index (χ2n) is 4.90. The van der Waals surface area contributed by atoms with Gasteiger partial charge in [0.05, 0.1) is 5.41 Å². The van der Waals surface area contributed by atoms with Crippen LogP contribution in [0, 0.1) is 0 Å². The highest BCUT2D eigenvalue weighted by Crippen LogP contribution is 2.52. The standard InChI is InChI=1S/C13H16OS/c1-9(14)13(6-7-13)12-8-10-4-2-3-5-11(10)15-12/h8H,2-7H2,1H3. The molecule has 0 aliphatic heterocycles. The van der Waals surface area contributed by atoms with Crippen molar-refractivity contribution in [2.24, 2.45) is 0 Å². The van der Waals surface area contributed by atoms with E-state index in [0.717, 1.165) is 12.8 Å². The number of hydrogen-bond donors (Lipinski definition) is 0. The monoisotopic (exact) mass is 220 g/mol. The molecule has 2 aliphatic carbocycles. The van der Waals surface area contributed by atoms with Gasteiger partial charge in [0.2, 0.25) is 0 Å². The summed E-state index contributed by atoms with van der Waals surface area (Å²) in [6.07, 6.45) is 7.31. The first kappa shape index (κ1) is 9.59. The molecule has 2 heteroatoms. The van der Waals surface area contributed by atoms with Crippen LogP contribution in [0.3, 0.4) is 0 Å². The average Bonchev–Trinajstić information content (AvgIpc) is 2.93. The zero-order valence-electron chi connectivity index (χ0n) is 9.14. The molecule has 1 saturated carbocycles. The zero-order chi connectivity index (χ0) is 10.5. The van der Waals surface area contributed by atoms with Gasteiger partial charge in [-0.15, -0.1) is 11.3 Å². The molecule has 1 heterocycles. The molecule has 0 unspecified atom stereocenters. The molecule has 15 heavy (non-hydrogen) atoms. The third-order valence-corrected chi connectivity index (χ3v) is 5.33. The minimum atomic E-state index is -0.0397. The van der Waals surface area contributed by atoms with Crippen molar-refractivity contribution in [3.63, 3.8) is 0 Å². The van der Waals surface area contributed by atoms with Crippen molar-refractivity contribution < 1.29 is 4.79 Å². The number of fused-ring (bicyclic) bond motifs is 1. The Morgan fingerprint density at radius 2 is 2.07 bits per heavy atom. The van der Waals surface area contributed by atoms with Crippen molar-refractivity contribution >= 4 is 17.1 Å². The van der Waals surface area contributed by atoms with Crippen LogP contribution in [0.1, 0.15) is 47.9 Å². The van der Waals surface area contributed by atoms with Crippen LogP contribution in [0.15, 0.2) is 6.07 Å². The number of ketones is 1. The highest BCUT2D eigenvalue weighted by atomic mass is 32.1. The summed E-state index contributed by atoms with van der Waals surface area (Å²) in [7, 11) is 0. The number of rotatable bonds is 2. The van der Waals surface area contributed by atoms with Crippen molar-refractivity contribution in [3.8, 4) is 0 Å². The summed E-state index contributed by atoms with van der Waals surface area (Å²) < 4.78 is 0. The Bertz CT molecular complexity index is 389. The van der Waals surface area contributed by atoms with E-state index in [9.17, 15) is 4.79 Å². The topological polar surface area (TPSA) is 17.1 Å². The lowest BCUT2D eigenvalue weighted by molar-refractivity contribution is -0.119. The number of carbonyl (C=O) groups excluding carboxylic acids is 1. The van der Waals surface area contributed by atoms with Gasteiger partial charge in [0, 0.05) is 9.75 Å². The molecule has 0 N–H and O–H groups in total. The maximum absolute atomic E-state index is 11.6. The lowest BCUT2D eigenvalue weighted by atomic mass is 9.95. The summed E-state index contributed by atoms with van der Waals surface area (Å²) in [6, 6.07) is 2.33. The second kappa shape index (κ2) is 3.18. The van der Waals surface area contributed by atoms with Gasteiger partial charge in [-0.2, -0.15) is 0 Å². The Balaban J connectivity index is 1.99. The third kappa shape index (κ3) is 1.38. The molecule has 1 nitrogen and oxygen atoms in total. The number of aryl methyl sites for hydroxylation is 2. The summed E-state index contributed by atoms with van der Waals surface area (Å²) in [5, 5.41) is 0. The van der Waals surface area contributed by atoms with Gasteiger partial charge in [0.15, 0.2) is 0 Å². The molecule has 3 rings (SSSR count). The smallest absolute Gasteiger partial charge is 0.141 e. The van der Waals surface area contributed by atoms with E-state index in [0.29, 0.717) is 5.78 Å². The number of thiophene rings is 1. The first-order valence-corrected chi connectivity index (χ1v) is 6.67. The van der Waals surface area contributed by atoms with Gasteiger partial charge in [-0.1, -0.05) is 0 Å². The second-order valence-corrected chi connectivity index (χ2v) is 6.04. The van der Waals surface area contributed by atoms with Gasteiger partial charge in [-0.25, -0.2) is 0 Å². The van der Waals surface area contributed by atoms with Crippen molar-refractivity contribution in [3.05, 3.63) is 21.4 Å². The number of Topliss-reactive ketones (excluding diaryl/α,β-unsaturated/α-hetero) is 1. The first-order valence-electron chi connectivity index (χ1n) is 5.85. The van der Waals surface area contributed by atoms with Crippen LogP contribution in [-0.2, 0) is 23.1 Å². The van der Waals surface area contributed by atoms with Crippen molar-refractivity contribution in [2.75, 3.05) is 0 Å². The van der Waals surface area contributed by atoms with E-state index in [1.165, 1.54) is 36.1 Å². The maximum Gasteiger partial charge on any atom is 0.141 e. The molecule has 2 aliphatic rings. The SMILES string of the molecule is CC(=O)C1(c2cc3c(s2)CCCC3)CC1. The molecule has 0 saturated heterocycles. The van der Waals surface area contributed by atoms with E-state index in [1.807, 2.05) is 11.3 Å². The van der Waals surface area contributed by atoms with Crippen LogP contribution in [0.25, 0.3) is 0 Å². The zero-order valence-corrected chi connectivity index (χ0v) is 9.95. The first-order chi connectivity index (χ1) is 7.22. The Morgan fingerprint density at radius 1 is 1.33 bits per heavy atom. The molecule has 1 fully saturated rings. The van der Waals surface area contributed by atoms with E-state index in [1.54, 1.807) is 11.8 Å². The molecule has 1 aromatic rings. The predicted molar refractivity (Wildman–Crippen MR) is 62.6 cm³/mol. The lowest BCUT2D eigenvalue weighted by Gasteiger charge is -2.08. The Labute approximate surface area is 94.5 Å². The van der Waals surface area contributed by atoms with Crippen LogP contribution in [-0.4, -0.2) is 5.78 Å². The molecular weight excluding hydrogens is 204 g/mol. The summed E-state index contributed by atoms with van der Waals surface area (Å²) in [5.41, 5.74) is 1.50. The third-order valence-electron chi connectivity index (χ3n) is 3.89. The molecule has 0 aromatic carbocycles. The highest BCUT2D eigenvalue weighted by Gasteiger charge is 2.50. The van der Waals surface area contributed by atoms with E-state index < -0.39 is 0 Å². The molecule has 0 radical (unpaired) electrons. The predicted octanol–water partition coefficient (Wildman–Crippen LogP) is 3.25. The van der Waals surface area contributed by atoms with E-state index in [4.69, 9.17) is 0 Å². The number of hydrogen-bond acceptors (Lipinski definition) is 2. The molecule has 0 atom stereocenters. The van der Waals surface area contributed by atoms with Crippen LogP contribution in [0.4, 0.5) is 0 Å². The fourth-order valence-electron chi connectivity index (χ4n) is 2.62. The van der Waals surface area contributed by atoms with E-state index in [-0.39, 0.29) is 5.41 Å². The van der Waals surface area contributed by atoms with Gasteiger partial charge >= 0.3 is 0 Å². The van der Waals surface area contributed by atoms with Crippen molar-refractivity contribution in [1.82, 2.24) is 0 Å². The van der Waals surface area contributed by atoms with Gasteiger partial charge in [0.1, 0.15) is 5.78 Å². The van der Waals surface area contributed by atoms with Crippen molar-refractivity contribution in [2.45, 2.75) is 50.9 Å². The van der Waals surface area contributed by atoms with Gasteiger partial charge in [-0.3, -0.25) is 4.79 Å². The quantitative estimate of drug-likeness (QED) is 0.747. The Kier molecular flexibility index (Phi) is 2.03. The molecule has 0 amide bonds. The van der Waals surface area contributed by atoms with E-state index >= 15 is 0 Å². The van der Waals surface area contributed by atoms with Crippen LogP contribution >= 0.6 is 11.3 Å². The minimum Gasteiger partial charge on any atom is -0.299 e. The van der Waals surface area contributed by atoms with Crippen LogP contribution < -0.4 is 0 Å². The Morgan fingerprint density at radius 3 is 2.67 bits per heavy atom. The summed E-state index contributed by atoms with van der Waals surface area (Å²) in [5.74, 6) is 0.376. The molecule has 1 aromatic heterocycles. The minimum absolute atomic E-state index is 0.0397. The fourth-order valence-corrected chi connectivity index (χ4v) is 4.17. The molecule has 80 valence electrons. The van der Waals surface area contributed by atoms with Gasteiger partial charge in [0.25, 0.3) is 0 Å². The van der Waals surface area contributed by atoms with Gasteiger partial charge < -0.3 is 0 Å². The van der Waals surface area contributed by atoms with Crippen LogP contribution in [0.2, 0.25) is 0 Å². The number of carbonyl (C=O) groups is 1. The highest BCUT2D eigenvalue weighted by molar-refractivity contribution is 7.12. The van der Waals surface area contributed by atoms with Crippen molar-refractivity contribution in [1.29, 1.82) is 0 Å². The molecular formula is C13H16OS. The lowest BCUT2D eigenvalue weighted by Crippen LogP contribution is -2.14. The molecule has 0 spiro atoms. The van der Waals surface area contributed by atoms with Gasteiger partial charge in [-0.05, 0) is 57.1 Å². The summed E-state index contributed by atoms with van der Waals surface area (Å²) in [4.78, 5) is 14.6. The summed E-state index contributed by atoms with van der Waals surface area (Å²) in [6.45, 7) is 1.76. The van der Waals surface area contributed by atoms with Crippen LogP contribution in [0.5, 0.6) is 0 Å². The summed E-state index contributed by atoms with van der Waals surface area (Å²) >= 11 is 1.91. The molecule has 0 bridgehead atoms. The fraction of sp³-hybridized carbons (Fsp3) is 0.615. The normalized spacial score (nSPS) is 22.2. The van der Waals surface area contributed by atoms with E-state index in [2.05, 4.69) is 6.07 Å². The Hall–Kier alpha value is -0.630. The average molecular weight is 220 g/mol. The largest absolute Gasteiger partial charge is 0.299 e.